The van der Waals surface area contributed by atoms with E-state index in [1.807, 2.05) is 30.3 Å². The summed E-state index contributed by atoms with van der Waals surface area (Å²) in [6, 6.07) is 9.28. The summed E-state index contributed by atoms with van der Waals surface area (Å²) < 4.78 is 16.0. The third kappa shape index (κ3) is 3.64. The molecule has 8 nitrogen and oxygen atoms in total. The second-order valence-corrected chi connectivity index (χ2v) is 6.25. The summed E-state index contributed by atoms with van der Waals surface area (Å²) >= 11 is 0. The Bertz CT molecular complexity index is 995. The van der Waals surface area contributed by atoms with Crippen molar-refractivity contribution in [1.82, 2.24) is 15.0 Å². The van der Waals surface area contributed by atoms with E-state index in [0.29, 0.717) is 49.2 Å². The highest BCUT2D eigenvalue weighted by molar-refractivity contribution is 6.05. The van der Waals surface area contributed by atoms with Crippen LogP contribution in [0.25, 0.3) is 10.9 Å². The molecule has 28 heavy (non-hydrogen) atoms. The van der Waals surface area contributed by atoms with Crippen LogP contribution in [0.1, 0.15) is 17.2 Å². The van der Waals surface area contributed by atoms with Crippen LogP contribution in [0.3, 0.4) is 0 Å². The highest BCUT2D eigenvalue weighted by Crippen LogP contribution is 2.37. The third-order valence-corrected chi connectivity index (χ3v) is 4.49. The SMILES string of the molecule is COCCOCCOc1ccc2c(C3C(=O)Nc4ncccc43)ncnc2c1. The predicted octanol–water partition coefficient (Wildman–Crippen LogP) is 2.15. The summed E-state index contributed by atoms with van der Waals surface area (Å²) in [5.41, 5.74) is 2.19. The van der Waals surface area contributed by atoms with Crippen molar-refractivity contribution >= 4 is 22.6 Å². The molecule has 1 atom stereocenters. The molecule has 1 unspecified atom stereocenters. The highest BCUT2D eigenvalue weighted by Gasteiger charge is 2.34. The zero-order chi connectivity index (χ0) is 19.3. The van der Waals surface area contributed by atoms with E-state index >= 15 is 0 Å². The van der Waals surface area contributed by atoms with Crippen molar-refractivity contribution < 1.29 is 19.0 Å². The Balaban J connectivity index is 1.54. The zero-order valence-corrected chi connectivity index (χ0v) is 15.4. The normalized spacial score (nSPS) is 15.5. The second-order valence-electron chi connectivity index (χ2n) is 6.25. The number of carbonyl (C=O) groups excluding carboxylic acids is 1. The first kappa shape index (κ1) is 18.3. The number of anilines is 1. The van der Waals surface area contributed by atoms with E-state index in [1.54, 1.807) is 13.3 Å². The Kier molecular flexibility index (Phi) is 5.41. The van der Waals surface area contributed by atoms with E-state index in [1.165, 1.54) is 6.33 Å². The van der Waals surface area contributed by atoms with Gasteiger partial charge >= 0.3 is 0 Å². The average molecular weight is 380 g/mol. The zero-order valence-electron chi connectivity index (χ0n) is 15.4. The molecular weight excluding hydrogens is 360 g/mol. The molecule has 3 heterocycles. The molecule has 1 aliphatic heterocycles. The molecule has 3 aromatic rings. The van der Waals surface area contributed by atoms with Gasteiger partial charge in [0.2, 0.25) is 5.91 Å². The monoisotopic (exact) mass is 380 g/mol. The van der Waals surface area contributed by atoms with Crippen molar-refractivity contribution in [3.8, 4) is 5.75 Å². The lowest BCUT2D eigenvalue weighted by Gasteiger charge is -2.12. The molecule has 0 spiro atoms. The van der Waals surface area contributed by atoms with Crippen LogP contribution in [0, 0.1) is 0 Å². The minimum atomic E-state index is -0.504. The molecule has 8 heteroatoms. The third-order valence-electron chi connectivity index (χ3n) is 4.49. The van der Waals surface area contributed by atoms with Crippen LogP contribution in [0.5, 0.6) is 5.75 Å². The predicted molar refractivity (Wildman–Crippen MR) is 102 cm³/mol. The number of fused-ring (bicyclic) bond motifs is 2. The first-order valence-corrected chi connectivity index (χ1v) is 8.98. The van der Waals surface area contributed by atoms with Gasteiger partial charge in [-0.15, -0.1) is 0 Å². The molecule has 2 aromatic heterocycles. The quantitative estimate of drug-likeness (QED) is 0.598. The molecule has 1 N–H and O–H groups in total. The molecule has 0 radical (unpaired) electrons. The molecule has 1 amide bonds. The van der Waals surface area contributed by atoms with E-state index in [4.69, 9.17) is 14.2 Å². The number of methoxy groups -OCH3 is 1. The van der Waals surface area contributed by atoms with Gasteiger partial charge in [0.05, 0.1) is 31.0 Å². The minimum absolute atomic E-state index is 0.137. The van der Waals surface area contributed by atoms with Crippen molar-refractivity contribution in [1.29, 1.82) is 0 Å². The largest absolute Gasteiger partial charge is 0.491 e. The molecule has 1 aromatic carbocycles. The van der Waals surface area contributed by atoms with E-state index in [2.05, 4.69) is 20.3 Å². The summed E-state index contributed by atoms with van der Waals surface area (Å²) in [5.74, 6) is 0.625. The summed E-state index contributed by atoms with van der Waals surface area (Å²) in [6.07, 6.45) is 3.12. The van der Waals surface area contributed by atoms with Gasteiger partial charge in [-0.05, 0) is 18.2 Å². The molecule has 144 valence electrons. The Morgan fingerprint density at radius 3 is 2.86 bits per heavy atom. The Morgan fingerprint density at radius 2 is 1.96 bits per heavy atom. The van der Waals surface area contributed by atoms with Crippen molar-refractivity contribution in [2.24, 2.45) is 0 Å². The summed E-state index contributed by atoms with van der Waals surface area (Å²) in [5, 5.41) is 3.62. The maximum atomic E-state index is 12.5. The summed E-state index contributed by atoms with van der Waals surface area (Å²) in [4.78, 5) is 25.5. The maximum absolute atomic E-state index is 12.5. The van der Waals surface area contributed by atoms with E-state index < -0.39 is 5.92 Å². The van der Waals surface area contributed by atoms with Gasteiger partial charge in [0, 0.05) is 30.3 Å². The number of pyridine rings is 1. The molecule has 0 saturated carbocycles. The number of aromatic nitrogens is 3. The van der Waals surface area contributed by atoms with Gasteiger partial charge in [-0.25, -0.2) is 15.0 Å². The first-order valence-electron chi connectivity index (χ1n) is 8.98. The number of rotatable bonds is 8. The lowest BCUT2D eigenvalue weighted by Crippen LogP contribution is -2.15. The maximum Gasteiger partial charge on any atom is 0.239 e. The summed E-state index contributed by atoms with van der Waals surface area (Å²) in [7, 11) is 1.63. The first-order chi connectivity index (χ1) is 13.8. The van der Waals surface area contributed by atoms with Crippen LogP contribution in [-0.2, 0) is 14.3 Å². The van der Waals surface area contributed by atoms with Crippen LogP contribution in [0.15, 0.2) is 42.9 Å². The Labute approximate surface area is 161 Å². The van der Waals surface area contributed by atoms with E-state index in [9.17, 15) is 4.79 Å². The van der Waals surface area contributed by atoms with Crippen LogP contribution < -0.4 is 10.1 Å². The lowest BCUT2D eigenvalue weighted by molar-refractivity contribution is -0.116. The highest BCUT2D eigenvalue weighted by atomic mass is 16.5. The molecule has 0 saturated heterocycles. The van der Waals surface area contributed by atoms with Gasteiger partial charge in [0.15, 0.2) is 0 Å². The van der Waals surface area contributed by atoms with Gasteiger partial charge in [-0.1, -0.05) is 6.07 Å². The molecule has 0 bridgehead atoms. The number of amides is 1. The fraction of sp³-hybridized carbons (Fsp3) is 0.300. The molecule has 0 aliphatic carbocycles. The van der Waals surface area contributed by atoms with Gasteiger partial charge in [0.1, 0.15) is 30.4 Å². The van der Waals surface area contributed by atoms with Gasteiger partial charge in [0.25, 0.3) is 0 Å². The van der Waals surface area contributed by atoms with Crippen LogP contribution in [-0.4, -0.2) is 54.4 Å². The van der Waals surface area contributed by atoms with Crippen LogP contribution in [0.2, 0.25) is 0 Å². The lowest BCUT2D eigenvalue weighted by atomic mass is 9.95. The molecule has 1 aliphatic rings. The fourth-order valence-corrected chi connectivity index (χ4v) is 3.20. The average Bonchev–Trinajstić information content (AvgIpc) is 3.05. The number of ether oxygens (including phenoxy) is 3. The second kappa shape index (κ2) is 8.28. The Hall–Kier alpha value is -3.10. The number of nitrogens with zero attached hydrogens (tertiary/aromatic N) is 3. The number of carbonyl (C=O) groups is 1. The molecule has 0 fully saturated rings. The van der Waals surface area contributed by atoms with Gasteiger partial charge in [-0.3, -0.25) is 4.79 Å². The topological polar surface area (TPSA) is 95.5 Å². The van der Waals surface area contributed by atoms with Crippen LogP contribution >= 0.6 is 0 Å². The fourth-order valence-electron chi connectivity index (χ4n) is 3.20. The van der Waals surface area contributed by atoms with Gasteiger partial charge in [-0.2, -0.15) is 0 Å². The van der Waals surface area contributed by atoms with Crippen LogP contribution in [0.4, 0.5) is 5.82 Å². The summed E-state index contributed by atoms with van der Waals surface area (Å²) in [6.45, 7) is 2.00. The smallest absolute Gasteiger partial charge is 0.239 e. The Morgan fingerprint density at radius 1 is 1.07 bits per heavy atom. The van der Waals surface area contributed by atoms with Crippen molar-refractivity contribution in [3.63, 3.8) is 0 Å². The van der Waals surface area contributed by atoms with Crippen molar-refractivity contribution in [2.45, 2.75) is 5.92 Å². The molecule has 4 rings (SSSR count). The van der Waals surface area contributed by atoms with Gasteiger partial charge < -0.3 is 19.5 Å². The van der Waals surface area contributed by atoms with E-state index in [-0.39, 0.29) is 5.91 Å². The minimum Gasteiger partial charge on any atom is -0.491 e. The van der Waals surface area contributed by atoms with E-state index in [0.717, 1.165) is 10.9 Å². The standard InChI is InChI=1S/C20H20N4O4/c1-26-7-8-27-9-10-28-13-4-5-14-16(11-13)22-12-23-18(14)17-15-3-2-6-21-19(15)24-20(17)25/h2-6,11-12,17H,7-10H2,1H3,(H,21,24,25). The number of nitrogens with one attached hydrogen (secondary N) is 1. The number of hydrogen-bond donors (Lipinski definition) is 1. The number of hydrogen-bond acceptors (Lipinski definition) is 7. The molecular formula is C20H20N4O4. The number of benzene rings is 1. The van der Waals surface area contributed by atoms with Crippen molar-refractivity contribution in [2.75, 3.05) is 38.9 Å². The van der Waals surface area contributed by atoms with Crippen molar-refractivity contribution in [3.05, 3.63) is 54.1 Å².